The molecule has 2 heterocycles. The van der Waals surface area contributed by atoms with E-state index >= 15 is 0 Å². The Morgan fingerprint density at radius 3 is 2.68 bits per heavy atom. The lowest BCUT2D eigenvalue weighted by Gasteiger charge is -2.22. The summed E-state index contributed by atoms with van der Waals surface area (Å²) >= 11 is 1.45. The van der Waals surface area contributed by atoms with E-state index in [4.69, 9.17) is 5.73 Å². The standard InChI is InChI=1S/C20H28N6OS/c1-15-3-5-16(6-4-15)13-24-9-2-10-25(12-11-24)18(27)14-28-20-23-22-19(21)26(20)17-7-8-17/h3-6,17H,2,7-14H2,1H3,(H2,21,22). The highest BCUT2D eigenvalue weighted by Crippen LogP contribution is 2.39. The summed E-state index contributed by atoms with van der Waals surface area (Å²) in [6.07, 6.45) is 3.24. The highest BCUT2D eigenvalue weighted by atomic mass is 32.2. The van der Waals surface area contributed by atoms with E-state index in [1.54, 1.807) is 0 Å². The number of amides is 1. The molecule has 0 spiro atoms. The molecule has 1 aliphatic carbocycles. The van der Waals surface area contributed by atoms with Crippen LogP contribution in [0.5, 0.6) is 0 Å². The van der Waals surface area contributed by atoms with E-state index in [1.165, 1.54) is 22.9 Å². The summed E-state index contributed by atoms with van der Waals surface area (Å²) < 4.78 is 1.98. The number of aromatic nitrogens is 3. The van der Waals surface area contributed by atoms with E-state index in [1.807, 2.05) is 9.47 Å². The molecular weight excluding hydrogens is 372 g/mol. The Kier molecular flexibility index (Phi) is 5.87. The molecule has 1 aliphatic heterocycles. The molecule has 0 unspecified atom stereocenters. The van der Waals surface area contributed by atoms with Crippen molar-refractivity contribution in [1.82, 2.24) is 24.6 Å². The fourth-order valence-electron chi connectivity index (χ4n) is 3.61. The van der Waals surface area contributed by atoms with E-state index in [2.05, 4.69) is 46.3 Å². The van der Waals surface area contributed by atoms with Crippen LogP contribution >= 0.6 is 11.8 Å². The summed E-state index contributed by atoms with van der Waals surface area (Å²) in [5.74, 6) is 1.02. The molecule has 1 aromatic heterocycles. The van der Waals surface area contributed by atoms with Gasteiger partial charge in [-0.1, -0.05) is 41.6 Å². The lowest BCUT2D eigenvalue weighted by molar-refractivity contribution is -0.128. The van der Waals surface area contributed by atoms with Gasteiger partial charge in [-0.25, -0.2) is 0 Å². The minimum atomic E-state index is 0.172. The molecule has 150 valence electrons. The lowest BCUT2D eigenvalue weighted by Crippen LogP contribution is -2.36. The zero-order valence-corrected chi connectivity index (χ0v) is 17.2. The summed E-state index contributed by atoms with van der Waals surface area (Å²) in [4.78, 5) is 17.2. The molecule has 2 aromatic rings. The van der Waals surface area contributed by atoms with Gasteiger partial charge in [0.2, 0.25) is 11.9 Å². The quantitative estimate of drug-likeness (QED) is 0.750. The van der Waals surface area contributed by atoms with Gasteiger partial charge in [-0.2, -0.15) is 0 Å². The number of aryl methyl sites for hydroxylation is 1. The Morgan fingerprint density at radius 1 is 1.14 bits per heavy atom. The number of thioether (sulfide) groups is 1. The van der Waals surface area contributed by atoms with Gasteiger partial charge in [0.15, 0.2) is 5.16 Å². The molecule has 2 N–H and O–H groups in total. The van der Waals surface area contributed by atoms with Crippen LogP contribution in [0.25, 0.3) is 0 Å². The molecule has 28 heavy (non-hydrogen) atoms. The van der Waals surface area contributed by atoms with Crippen molar-refractivity contribution in [3.05, 3.63) is 35.4 Å². The number of nitrogens with zero attached hydrogens (tertiary/aromatic N) is 5. The molecular formula is C20H28N6OS. The zero-order chi connectivity index (χ0) is 19.5. The minimum Gasteiger partial charge on any atom is -0.368 e. The van der Waals surface area contributed by atoms with E-state index in [0.29, 0.717) is 17.7 Å². The highest BCUT2D eigenvalue weighted by molar-refractivity contribution is 7.99. The van der Waals surface area contributed by atoms with Crippen LogP contribution in [-0.4, -0.2) is 62.4 Å². The first kappa shape index (κ1) is 19.3. The van der Waals surface area contributed by atoms with Crippen molar-refractivity contribution < 1.29 is 4.79 Å². The van der Waals surface area contributed by atoms with Gasteiger partial charge < -0.3 is 10.6 Å². The topological polar surface area (TPSA) is 80.3 Å². The van der Waals surface area contributed by atoms with Crippen molar-refractivity contribution in [2.45, 2.75) is 43.9 Å². The van der Waals surface area contributed by atoms with Gasteiger partial charge in [0.05, 0.1) is 5.75 Å². The molecule has 7 nitrogen and oxygen atoms in total. The van der Waals surface area contributed by atoms with Crippen LogP contribution in [0.3, 0.4) is 0 Å². The number of nitrogen functional groups attached to an aromatic ring is 1. The van der Waals surface area contributed by atoms with Crippen LogP contribution < -0.4 is 5.73 Å². The molecule has 1 amide bonds. The Bertz CT molecular complexity index is 817. The van der Waals surface area contributed by atoms with Crippen LogP contribution in [0.4, 0.5) is 5.95 Å². The number of anilines is 1. The first-order valence-electron chi connectivity index (χ1n) is 9.99. The van der Waals surface area contributed by atoms with Gasteiger partial charge in [-0.3, -0.25) is 14.3 Å². The summed E-state index contributed by atoms with van der Waals surface area (Å²) in [5, 5.41) is 8.89. The smallest absolute Gasteiger partial charge is 0.233 e. The van der Waals surface area contributed by atoms with Crippen molar-refractivity contribution in [1.29, 1.82) is 0 Å². The van der Waals surface area contributed by atoms with Crippen molar-refractivity contribution in [3.8, 4) is 0 Å². The van der Waals surface area contributed by atoms with E-state index in [-0.39, 0.29) is 5.91 Å². The third-order valence-electron chi connectivity index (χ3n) is 5.40. The maximum Gasteiger partial charge on any atom is 0.233 e. The second-order valence-electron chi connectivity index (χ2n) is 7.73. The van der Waals surface area contributed by atoms with Crippen LogP contribution in [0.15, 0.2) is 29.4 Å². The molecule has 1 aromatic carbocycles. The average Bonchev–Trinajstić information content (AvgIpc) is 3.49. The second-order valence-corrected chi connectivity index (χ2v) is 8.67. The predicted octanol–water partition coefficient (Wildman–Crippen LogP) is 2.33. The Hall–Kier alpha value is -2.06. The van der Waals surface area contributed by atoms with Gasteiger partial charge in [0, 0.05) is 38.8 Å². The number of rotatable bonds is 6. The molecule has 2 aliphatic rings. The highest BCUT2D eigenvalue weighted by Gasteiger charge is 2.29. The van der Waals surface area contributed by atoms with Gasteiger partial charge in [-0.05, 0) is 31.7 Å². The van der Waals surface area contributed by atoms with Crippen molar-refractivity contribution in [3.63, 3.8) is 0 Å². The third kappa shape index (κ3) is 4.67. The molecule has 4 rings (SSSR count). The monoisotopic (exact) mass is 400 g/mol. The van der Waals surface area contributed by atoms with Gasteiger partial charge in [0.1, 0.15) is 0 Å². The number of carbonyl (C=O) groups excluding carboxylic acids is 1. The molecule has 1 saturated carbocycles. The van der Waals surface area contributed by atoms with Crippen molar-refractivity contribution in [2.24, 2.45) is 0 Å². The predicted molar refractivity (Wildman–Crippen MR) is 111 cm³/mol. The Labute approximate surface area is 170 Å². The number of hydrogen-bond acceptors (Lipinski definition) is 6. The molecule has 2 fully saturated rings. The van der Waals surface area contributed by atoms with Crippen molar-refractivity contribution in [2.75, 3.05) is 37.7 Å². The molecule has 0 radical (unpaired) electrons. The summed E-state index contributed by atoms with van der Waals surface area (Å²) in [6.45, 7) is 6.59. The largest absolute Gasteiger partial charge is 0.368 e. The maximum absolute atomic E-state index is 12.7. The lowest BCUT2D eigenvalue weighted by atomic mass is 10.1. The molecule has 0 atom stereocenters. The van der Waals surface area contributed by atoms with E-state index in [9.17, 15) is 4.79 Å². The molecule has 0 bridgehead atoms. The number of nitrogens with two attached hydrogens (primary N) is 1. The van der Waals surface area contributed by atoms with Gasteiger partial charge >= 0.3 is 0 Å². The summed E-state index contributed by atoms with van der Waals surface area (Å²) in [7, 11) is 0. The Balaban J connectivity index is 1.28. The average molecular weight is 401 g/mol. The third-order valence-corrected chi connectivity index (χ3v) is 6.32. The normalized spacial score (nSPS) is 18.2. The number of carbonyl (C=O) groups is 1. The summed E-state index contributed by atoms with van der Waals surface area (Å²) in [5.41, 5.74) is 8.53. The van der Waals surface area contributed by atoms with Crippen LogP contribution in [-0.2, 0) is 11.3 Å². The zero-order valence-electron chi connectivity index (χ0n) is 16.4. The minimum absolute atomic E-state index is 0.172. The van der Waals surface area contributed by atoms with Crippen molar-refractivity contribution >= 4 is 23.6 Å². The van der Waals surface area contributed by atoms with E-state index < -0.39 is 0 Å². The van der Waals surface area contributed by atoms with Gasteiger partial charge in [0.25, 0.3) is 0 Å². The Morgan fingerprint density at radius 2 is 1.93 bits per heavy atom. The maximum atomic E-state index is 12.7. The molecule has 1 saturated heterocycles. The first-order chi connectivity index (χ1) is 13.6. The van der Waals surface area contributed by atoms with Gasteiger partial charge in [-0.15, -0.1) is 10.2 Å². The fourth-order valence-corrected chi connectivity index (χ4v) is 4.53. The summed E-state index contributed by atoms with van der Waals surface area (Å²) in [6, 6.07) is 9.13. The van der Waals surface area contributed by atoms with E-state index in [0.717, 1.165) is 57.1 Å². The first-order valence-corrected chi connectivity index (χ1v) is 11.0. The van der Waals surface area contributed by atoms with Crippen LogP contribution in [0, 0.1) is 6.92 Å². The fraction of sp³-hybridized carbons (Fsp3) is 0.550. The second kappa shape index (κ2) is 8.53. The number of hydrogen-bond donors (Lipinski definition) is 1. The van der Waals surface area contributed by atoms with Crippen LogP contribution in [0.2, 0.25) is 0 Å². The van der Waals surface area contributed by atoms with Crippen LogP contribution in [0.1, 0.15) is 36.4 Å². The number of benzene rings is 1. The SMILES string of the molecule is Cc1ccc(CN2CCCN(C(=O)CSc3nnc(N)n3C3CC3)CC2)cc1. The molecule has 8 heteroatoms.